The Morgan fingerprint density at radius 3 is 2.57 bits per heavy atom. The monoisotopic (exact) mass is 306 g/mol. The molecule has 0 spiro atoms. The van der Waals surface area contributed by atoms with Crippen LogP contribution in [0.25, 0.3) is 0 Å². The number of rotatable bonds is 3. The molecule has 0 fully saturated rings. The topological polar surface area (TPSA) is 46.3 Å². The predicted octanol–water partition coefficient (Wildman–Crippen LogP) is 3.92. The Hall–Kier alpha value is -1.88. The highest BCUT2D eigenvalue weighted by molar-refractivity contribution is 7.12. The summed E-state index contributed by atoms with van der Waals surface area (Å²) >= 11 is 1.63. The van der Waals surface area contributed by atoms with E-state index < -0.39 is 5.82 Å². The van der Waals surface area contributed by atoms with Crippen LogP contribution in [0.5, 0.6) is 0 Å². The summed E-state index contributed by atoms with van der Waals surface area (Å²) in [4.78, 5) is 16.3. The molecule has 2 rings (SSSR count). The van der Waals surface area contributed by atoms with Gasteiger partial charge in [0.25, 0.3) is 5.91 Å². The van der Waals surface area contributed by atoms with Gasteiger partial charge in [-0.05, 0) is 50.6 Å². The molecule has 2 N–H and O–H groups in total. The van der Waals surface area contributed by atoms with Crippen molar-refractivity contribution in [3.05, 3.63) is 51.0 Å². The van der Waals surface area contributed by atoms with Gasteiger partial charge in [0.1, 0.15) is 5.82 Å². The molecule has 1 heterocycles. The Bertz CT molecular complexity index is 681. The minimum Gasteiger partial charge on any atom is -0.399 e. The summed E-state index contributed by atoms with van der Waals surface area (Å²) < 4.78 is 14.2. The molecular weight excluding hydrogens is 287 g/mol. The lowest BCUT2D eigenvalue weighted by atomic mass is 10.1. The molecule has 0 aliphatic rings. The standard InChI is InChI=1S/C16H19FN2OS/c1-9-7-12(18)8-13(15(9)17)16(20)19(4)11(3)14-6-5-10(2)21-14/h5-8,11H,18H2,1-4H3. The summed E-state index contributed by atoms with van der Waals surface area (Å²) in [5, 5.41) is 0. The van der Waals surface area contributed by atoms with Gasteiger partial charge in [0.15, 0.2) is 0 Å². The number of aryl methyl sites for hydroxylation is 2. The van der Waals surface area contributed by atoms with Crippen LogP contribution < -0.4 is 5.73 Å². The predicted molar refractivity (Wildman–Crippen MR) is 85.1 cm³/mol. The molecule has 21 heavy (non-hydrogen) atoms. The minimum atomic E-state index is -0.504. The molecule has 112 valence electrons. The fourth-order valence-corrected chi connectivity index (χ4v) is 3.16. The Morgan fingerprint density at radius 2 is 2.00 bits per heavy atom. The van der Waals surface area contributed by atoms with E-state index >= 15 is 0 Å². The Balaban J connectivity index is 2.31. The molecule has 0 saturated carbocycles. The SMILES string of the molecule is Cc1ccc(C(C)N(C)C(=O)c2cc(N)cc(C)c2F)s1. The van der Waals surface area contributed by atoms with Gasteiger partial charge in [-0.15, -0.1) is 11.3 Å². The fraction of sp³-hybridized carbons (Fsp3) is 0.312. The summed E-state index contributed by atoms with van der Waals surface area (Å²) in [6.07, 6.45) is 0. The van der Waals surface area contributed by atoms with E-state index in [1.165, 1.54) is 17.0 Å². The van der Waals surface area contributed by atoms with Crippen LogP contribution in [0.2, 0.25) is 0 Å². The second-order valence-electron chi connectivity index (χ2n) is 5.24. The molecule has 3 nitrogen and oxygen atoms in total. The van der Waals surface area contributed by atoms with Crippen molar-refractivity contribution in [3.8, 4) is 0 Å². The third-order valence-electron chi connectivity index (χ3n) is 3.58. The largest absolute Gasteiger partial charge is 0.399 e. The number of nitrogens with zero attached hydrogens (tertiary/aromatic N) is 1. The van der Waals surface area contributed by atoms with Gasteiger partial charge < -0.3 is 10.6 Å². The Labute approximate surface area is 128 Å². The van der Waals surface area contributed by atoms with Gasteiger partial charge in [0, 0.05) is 22.5 Å². The number of anilines is 1. The highest BCUT2D eigenvalue weighted by atomic mass is 32.1. The number of thiophene rings is 1. The van der Waals surface area contributed by atoms with E-state index in [0.717, 1.165) is 4.88 Å². The first-order chi connectivity index (χ1) is 9.81. The van der Waals surface area contributed by atoms with Gasteiger partial charge in [-0.3, -0.25) is 4.79 Å². The summed E-state index contributed by atoms with van der Waals surface area (Å²) in [5.74, 6) is -0.864. The first kappa shape index (κ1) is 15.5. The van der Waals surface area contributed by atoms with E-state index in [-0.39, 0.29) is 17.5 Å². The third-order valence-corrected chi connectivity index (χ3v) is 4.75. The quantitative estimate of drug-likeness (QED) is 0.874. The molecule has 0 radical (unpaired) electrons. The van der Waals surface area contributed by atoms with Crippen molar-refractivity contribution in [2.75, 3.05) is 12.8 Å². The van der Waals surface area contributed by atoms with Crippen LogP contribution in [-0.4, -0.2) is 17.9 Å². The number of carbonyl (C=O) groups is 1. The first-order valence-electron chi connectivity index (χ1n) is 6.70. The lowest BCUT2D eigenvalue weighted by Gasteiger charge is -2.24. The molecule has 0 bridgehead atoms. The van der Waals surface area contributed by atoms with Crippen LogP contribution in [0.15, 0.2) is 24.3 Å². The van der Waals surface area contributed by atoms with Gasteiger partial charge in [0.05, 0.1) is 11.6 Å². The Morgan fingerprint density at radius 1 is 1.33 bits per heavy atom. The van der Waals surface area contributed by atoms with Crippen LogP contribution >= 0.6 is 11.3 Å². The van der Waals surface area contributed by atoms with Crippen molar-refractivity contribution in [2.24, 2.45) is 0 Å². The number of amides is 1. The summed E-state index contributed by atoms with van der Waals surface area (Å²) in [6, 6.07) is 6.82. The molecule has 1 amide bonds. The molecule has 0 saturated heterocycles. The molecule has 0 aliphatic carbocycles. The van der Waals surface area contributed by atoms with Crippen LogP contribution in [0.4, 0.5) is 10.1 Å². The maximum atomic E-state index is 14.2. The zero-order valence-corrected chi connectivity index (χ0v) is 13.4. The second-order valence-corrected chi connectivity index (χ2v) is 6.56. The molecule has 5 heteroatoms. The summed E-state index contributed by atoms with van der Waals surface area (Å²) in [5.41, 5.74) is 6.52. The maximum absolute atomic E-state index is 14.2. The lowest BCUT2D eigenvalue weighted by molar-refractivity contribution is 0.0740. The van der Waals surface area contributed by atoms with Crippen LogP contribution in [0.3, 0.4) is 0 Å². The lowest BCUT2D eigenvalue weighted by Crippen LogP contribution is -2.30. The maximum Gasteiger partial charge on any atom is 0.257 e. The van der Waals surface area contributed by atoms with Gasteiger partial charge in [0.2, 0.25) is 0 Å². The van der Waals surface area contributed by atoms with E-state index in [4.69, 9.17) is 5.73 Å². The average Bonchev–Trinajstić information content (AvgIpc) is 2.87. The van der Waals surface area contributed by atoms with Gasteiger partial charge in [-0.2, -0.15) is 0 Å². The number of carbonyl (C=O) groups excluding carboxylic acids is 1. The number of hydrogen-bond acceptors (Lipinski definition) is 3. The first-order valence-corrected chi connectivity index (χ1v) is 7.52. The zero-order valence-electron chi connectivity index (χ0n) is 12.6. The van der Waals surface area contributed by atoms with Crippen molar-refractivity contribution in [3.63, 3.8) is 0 Å². The van der Waals surface area contributed by atoms with Crippen LogP contribution in [0.1, 0.15) is 38.6 Å². The molecule has 1 aromatic heterocycles. The number of halogens is 1. The van der Waals surface area contributed by atoms with Crippen molar-refractivity contribution in [1.82, 2.24) is 4.90 Å². The van der Waals surface area contributed by atoms with Crippen LogP contribution in [0, 0.1) is 19.7 Å². The van der Waals surface area contributed by atoms with Gasteiger partial charge in [-0.25, -0.2) is 4.39 Å². The molecule has 0 aliphatic heterocycles. The van der Waals surface area contributed by atoms with Crippen LogP contribution in [-0.2, 0) is 0 Å². The minimum absolute atomic E-state index is 0.0233. The normalized spacial score (nSPS) is 12.2. The highest BCUT2D eigenvalue weighted by Gasteiger charge is 2.23. The van der Waals surface area contributed by atoms with E-state index in [9.17, 15) is 9.18 Å². The molecule has 2 aromatic rings. The van der Waals surface area contributed by atoms with E-state index in [1.54, 1.807) is 30.2 Å². The van der Waals surface area contributed by atoms with Gasteiger partial charge in [-0.1, -0.05) is 0 Å². The van der Waals surface area contributed by atoms with E-state index in [2.05, 4.69) is 0 Å². The highest BCUT2D eigenvalue weighted by Crippen LogP contribution is 2.28. The average molecular weight is 306 g/mol. The number of benzene rings is 1. The molecule has 1 unspecified atom stereocenters. The van der Waals surface area contributed by atoms with Crippen molar-refractivity contribution in [2.45, 2.75) is 26.8 Å². The van der Waals surface area contributed by atoms with Crippen molar-refractivity contribution < 1.29 is 9.18 Å². The van der Waals surface area contributed by atoms with Gasteiger partial charge >= 0.3 is 0 Å². The summed E-state index contributed by atoms with van der Waals surface area (Å²) in [7, 11) is 1.68. The van der Waals surface area contributed by atoms with E-state index in [1.807, 2.05) is 26.0 Å². The Kier molecular flexibility index (Phi) is 4.32. The second kappa shape index (κ2) is 5.85. The molecule has 1 aromatic carbocycles. The number of hydrogen-bond donors (Lipinski definition) is 1. The zero-order chi connectivity index (χ0) is 15.7. The number of nitrogens with two attached hydrogens (primary N) is 1. The van der Waals surface area contributed by atoms with Crippen molar-refractivity contribution >= 4 is 22.9 Å². The third kappa shape index (κ3) is 3.08. The smallest absolute Gasteiger partial charge is 0.257 e. The number of nitrogen functional groups attached to an aromatic ring is 1. The summed E-state index contributed by atoms with van der Waals surface area (Å²) in [6.45, 7) is 5.55. The van der Waals surface area contributed by atoms with E-state index in [0.29, 0.717) is 11.3 Å². The molecular formula is C16H19FN2OS. The van der Waals surface area contributed by atoms with Crippen molar-refractivity contribution in [1.29, 1.82) is 0 Å². The molecule has 1 atom stereocenters. The fourth-order valence-electron chi connectivity index (χ4n) is 2.19.